The third kappa shape index (κ3) is 3.58. The van der Waals surface area contributed by atoms with Gasteiger partial charge in [0.1, 0.15) is 5.76 Å². The van der Waals surface area contributed by atoms with Crippen molar-refractivity contribution in [3.05, 3.63) is 47.7 Å². The molecule has 4 heteroatoms. The lowest BCUT2D eigenvalue weighted by molar-refractivity contribution is 0.0922. The summed E-state index contributed by atoms with van der Waals surface area (Å²) in [7, 11) is 0. The minimum absolute atomic E-state index is 0.0744. The highest BCUT2D eigenvalue weighted by Crippen LogP contribution is 2.28. The van der Waals surface area contributed by atoms with Crippen LogP contribution in [0.25, 0.3) is 11.3 Å². The molecule has 1 N–H and O–H groups in total. The zero-order valence-corrected chi connectivity index (χ0v) is 14.0. The Labute approximate surface area is 142 Å². The van der Waals surface area contributed by atoms with Crippen molar-refractivity contribution in [3.8, 4) is 11.3 Å². The lowest BCUT2D eigenvalue weighted by Gasteiger charge is -2.28. The molecule has 1 aliphatic rings. The Kier molecular flexibility index (Phi) is 5.14. The van der Waals surface area contributed by atoms with Crippen LogP contribution in [0.5, 0.6) is 0 Å². The van der Waals surface area contributed by atoms with Crippen LogP contribution in [0.1, 0.15) is 59.9 Å². The Morgan fingerprint density at radius 3 is 2.58 bits per heavy atom. The summed E-state index contributed by atoms with van der Waals surface area (Å²) in [6.45, 7) is 2.23. The second-order valence-electron chi connectivity index (χ2n) is 6.46. The minimum Gasteiger partial charge on any atom is -0.453 e. The van der Waals surface area contributed by atoms with Crippen molar-refractivity contribution in [1.82, 2.24) is 5.32 Å². The van der Waals surface area contributed by atoms with Gasteiger partial charge >= 0.3 is 0 Å². The second-order valence-corrected chi connectivity index (χ2v) is 6.46. The Hall–Kier alpha value is -2.36. The molecule has 0 radical (unpaired) electrons. The van der Waals surface area contributed by atoms with E-state index in [4.69, 9.17) is 4.42 Å². The summed E-state index contributed by atoms with van der Waals surface area (Å²) in [5, 5.41) is 3.16. The zero-order valence-electron chi connectivity index (χ0n) is 14.0. The number of nitrogens with one attached hydrogen (secondary N) is 1. The predicted molar refractivity (Wildman–Crippen MR) is 93.0 cm³/mol. The van der Waals surface area contributed by atoms with Crippen molar-refractivity contribution in [2.75, 3.05) is 0 Å². The van der Waals surface area contributed by atoms with E-state index in [-0.39, 0.29) is 17.7 Å². The maximum absolute atomic E-state index is 12.7. The number of aldehydes is 1. The summed E-state index contributed by atoms with van der Waals surface area (Å²) >= 11 is 0. The van der Waals surface area contributed by atoms with Gasteiger partial charge < -0.3 is 9.73 Å². The minimum atomic E-state index is -0.0744. The third-order valence-corrected chi connectivity index (χ3v) is 4.94. The third-order valence-electron chi connectivity index (χ3n) is 4.94. The standard InChI is InChI=1S/C20H23NO3/c1-2-14-7-9-15(10-8-14)21-20(23)18-6-4-3-5-17(18)19-12-11-16(13-22)24-19/h3-6,11-15H,2,7-10H2,1H3,(H,21,23). The molecule has 126 valence electrons. The van der Waals surface area contributed by atoms with Gasteiger partial charge in [-0.25, -0.2) is 0 Å². The fraction of sp³-hybridized carbons (Fsp3) is 0.400. The molecular weight excluding hydrogens is 302 g/mol. The first-order chi connectivity index (χ1) is 11.7. The lowest BCUT2D eigenvalue weighted by atomic mass is 9.84. The van der Waals surface area contributed by atoms with Crippen LogP contribution in [0.4, 0.5) is 0 Å². The SMILES string of the molecule is CCC1CCC(NC(=O)c2ccccc2-c2ccc(C=O)o2)CC1. The van der Waals surface area contributed by atoms with Gasteiger partial charge in [-0.2, -0.15) is 0 Å². The van der Waals surface area contributed by atoms with Crippen LogP contribution in [-0.4, -0.2) is 18.2 Å². The number of carbonyl (C=O) groups excluding carboxylic acids is 2. The fourth-order valence-corrected chi connectivity index (χ4v) is 3.44. The summed E-state index contributed by atoms with van der Waals surface area (Å²) < 4.78 is 5.48. The van der Waals surface area contributed by atoms with Gasteiger partial charge in [-0.05, 0) is 49.8 Å². The Bertz CT molecular complexity index is 711. The van der Waals surface area contributed by atoms with Crippen LogP contribution in [0.3, 0.4) is 0 Å². The van der Waals surface area contributed by atoms with Gasteiger partial charge in [0.15, 0.2) is 12.0 Å². The van der Waals surface area contributed by atoms with Crippen molar-refractivity contribution in [1.29, 1.82) is 0 Å². The normalized spacial score (nSPS) is 20.5. The molecule has 0 unspecified atom stereocenters. The van der Waals surface area contributed by atoms with E-state index in [9.17, 15) is 9.59 Å². The number of carbonyl (C=O) groups is 2. The second kappa shape index (κ2) is 7.47. The summed E-state index contributed by atoms with van der Waals surface area (Å²) in [5.74, 6) is 1.53. The van der Waals surface area contributed by atoms with Gasteiger partial charge in [0.05, 0.1) is 5.56 Å². The molecule has 1 amide bonds. The first-order valence-corrected chi connectivity index (χ1v) is 8.66. The lowest BCUT2D eigenvalue weighted by Crippen LogP contribution is -2.37. The van der Waals surface area contributed by atoms with Gasteiger partial charge in [0, 0.05) is 11.6 Å². The molecular formula is C20H23NO3. The highest BCUT2D eigenvalue weighted by molar-refractivity contribution is 6.00. The van der Waals surface area contributed by atoms with Crippen LogP contribution in [-0.2, 0) is 0 Å². The number of rotatable bonds is 5. The van der Waals surface area contributed by atoms with E-state index in [2.05, 4.69) is 12.2 Å². The maximum Gasteiger partial charge on any atom is 0.252 e. The van der Waals surface area contributed by atoms with E-state index < -0.39 is 0 Å². The molecule has 0 spiro atoms. The quantitative estimate of drug-likeness (QED) is 0.826. The van der Waals surface area contributed by atoms with E-state index in [0.717, 1.165) is 18.8 Å². The average molecular weight is 325 g/mol. The maximum atomic E-state index is 12.7. The van der Waals surface area contributed by atoms with E-state index in [1.54, 1.807) is 18.2 Å². The molecule has 1 saturated carbocycles. The van der Waals surface area contributed by atoms with E-state index >= 15 is 0 Å². The molecule has 1 fully saturated rings. The topological polar surface area (TPSA) is 59.3 Å². The summed E-state index contributed by atoms with van der Waals surface area (Å²) in [5.41, 5.74) is 1.30. The van der Waals surface area contributed by atoms with Crippen molar-refractivity contribution in [2.45, 2.75) is 45.1 Å². The molecule has 1 heterocycles. The molecule has 0 saturated heterocycles. The van der Waals surface area contributed by atoms with E-state index in [1.165, 1.54) is 19.3 Å². The highest BCUT2D eigenvalue weighted by Gasteiger charge is 2.23. The van der Waals surface area contributed by atoms with E-state index in [1.807, 2.05) is 18.2 Å². The number of furan rings is 1. The van der Waals surface area contributed by atoms with Crippen molar-refractivity contribution < 1.29 is 14.0 Å². The monoisotopic (exact) mass is 325 g/mol. The van der Waals surface area contributed by atoms with Crippen LogP contribution in [0.2, 0.25) is 0 Å². The summed E-state index contributed by atoms with van der Waals surface area (Å²) in [4.78, 5) is 23.5. The van der Waals surface area contributed by atoms with Gasteiger partial charge in [0.25, 0.3) is 5.91 Å². The van der Waals surface area contributed by atoms with Crippen molar-refractivity contribution in [3.63, 3.8) is 0 Å². The summed E-state index contributed by atoms with van der Waals surface area (Å²) in [6, 6.07) is 10.9. The Morgan fingerprint density at radius 2 is 1.92 bits per heavy atom. The van der Waals surface area contributed by atoms with Gasteiger partial charge in [0.2, 0.25) is 0 Å². The molecule has 2 aromatic rings. The van der Waals surface area contributed by atoms with Gasteiger partial charge in [-0.1, -0.05) is 31.5 Å². The average Bonchev–Trinajstić information content (AvgIpc) is 3.11. The van der Waals surface area contributed by atoms with Gasteiger partial charge in [-0.3, -0.25) is 9.59 Å². The van der Waals surface area contributed by atoms with Crippen LogP contribution >= 0.6 is 0 Å². The van der Waals surface area contributed by atoms with Gasteiger partial charge in [-0.15, -0.1) is 0 Å². The molecule has 1 aromatic carbocycles. The van der Waals surface area contributed by atoms with E-state index in [0.29, 0.717) is 23.2 Å². The molecule has 0 atom stereocenters. The molecule has 1 aliphatic carbocycles. The van der Waals surface area contributed by atoms with Crippen LogP contribution in [0, 0.1) is 5.92 Å². The first-order valence-electron chi connectivity index (χ1n) is 8.66. The number of amides is 1. The number of hydrogen-bond donors (Lipinski definition) is 1. The molecule has 1 aromatic heterocycles. The largest absolute Gasteiger partial charge is 0.453 e. The van der Waals surface area contributed by atoms with Crippen molar-refractivity contribution in [2.24, 2.45) is 5.92 Å². The molecule has 0 bridgehead atoms. The molecule has 4 nitrogen and oxygen atoms in total. The van der Waals surface area contributed by atoms with Crippen LogP contribution in [0.15, 0.2) is 40.8 Å². The van der Waals surface area contributed by atoms with Crippen LogP contribution < -0.4 is 5.32 Å². The zero-order chi connectivity index (χ0) is 16.9. The highest BCUT2D eigenvalue weighted by atomic mass is 16.3. The Morgan fingerprint density at radius 1 is 1.17 bits per heavy atom. The summed E-state index contributed by atoms with van der Waals surface area (Å²) in [6.07, 6.45) is 6.35. The number of hydrogen-bond acceptors (Lipinski definition) is 3. The molecule has 3 rings (SSSR count). The molecule has 24 heavy (non-hydrogen) atoms. The fourth-order valence-electron chi connectivity index (χ4n) is 3.44. The Balaban J connectivity index is 1.74. The predicted octanol–water partition coefficient (Wildman–Crippen LogP) is 4.46. The molecule has 0 aliphatic heterocycles. The first kappa shape index (κ1) is 16.5. The number of benzene rings is 1. The van der Waals surface area contributed by atoms with Crippen molar-refractivity contribution >= 4 is 12.2 Å². The smallest absolute Gasteiger partial charge is 0.252 e.